The summed E-state index contributed by atoms with van der Waals surface area (Å²) in [5.74, 6) is -0.266. The molecule has 0 saturated heterocycles. The predicted octanol–water partition coefficient (Wildman–Crippen LogP) is 3.37. The summed E-state index contributed by atoms with van der Waals surface area (Å²) in [5.41, 5.74) is 1.44. The minimum absolute atomic E-state index is 0.149. The number of nitriles is 1. The van der Waals surface area contributed by atoms with E-state index in [1.807, 2.05) is 13.0 Å². The van der Waals surface area contributed by atoms with Crippen molar-refractivity contribution in [2.75, 3.05) is 17.7 Å². The van der Waals surface area contributed by atoms with Crippen molar-refractivity contribution in [2.24, 2.45) is 0 Å². The van der Waals surface area contributed by atoms with Crippen LogP contribution in [0, 0.1) is 28.4 Å². The Labute approximate surface area is 149 Å². The van der Waals surface area contributed by atoms with Gasteiger partial charge >= 0.3 is 0 Å². The quantitative estimate of drug-likeness (QED) is 0.356. The Morgan fingerprint density at radius 2 is 2.08 bits per heavy atom. The molecule has 0 aromatic heterocycles. The van der Waals surface area contributed by atoms with Crippen LogP contribution in [0.25, 0.3) is 0 Å². The Hall–Kier alpha value is -3.86. The number of hydrogen-bond donors (Lipinski definition) is 2. The standard InChI is InChI=1S/C18H16N4O4/c1-12-4-3-5-14(8-12)21-18(23)13(10-19)11-20-16-9-15(22(24)25)6-7-17(16)26-2/h3-9,11,20H,1-2H3,(H,21,23)/b13-11-. The highest BCUT2D eigenvalue weighted by atomic mass is 16.6. The predicted molar refractivity (Wildman–Crippen MR) is 96.8 cm³/mol. The Morgan fingerprint density at radius 1 is 1.31 bits per heavy atom. The first-order valence-electron chi connectivity index (χ1n) is 7.52. The molecule has 0 atom stereocenters. The largest absolute Gasteiger partial charge is 0.495 e. The maximum Gasteiger partial charge on any atom is 0.271 e. The number of nitrogens with zero attached hydrogens (tertiary/aromatic N) is 2. The number of anilines is 2. The second-order valence-corrected chi connectivity index (χ2v) is 5.28. The summed E-state index contributed by atoms with van der Waals surface area (Å²) < 4.78 is 5.12. The van der Waals surface area contributed by atoms with Gasteiger partial charge in [-0.2, -0.15) is 5.26 Å². The zero-order chi connectivity index (χ0) is 19.1. The van der Waals surface area contributed by atoms with Gasteiger partial charge in [0.25, 0.3) is 11.6 Å². The van der Waals surface area contributed by atoms with E-state index >= 15 is 0 Å². The molecule has 8 nitrogen and oxygen atoms in total. The van der Waals surface area contributed by atoms with E-state index in [0.717, 1.165) is 5.56 Å². The van der Waals surface area contributed by atoms with Crippen molar-refractivity contribution in [1.29, 1.82) is 5.26 Å². The van der Waals surface area contributed by atoms with Crippen molar-refractivity contribution in [3.8, 4) is 11.8 Å². The summed E-state index contributed by atoms with van der Waals surface area (Å²) in [7, 11) is 1.41. The van der Waals surface area contributed by atoms with Gasteiger partial charge < -0.3 is 15.4 Å². The van der Waals surface area contributed by atoms with Gasteiger partial charge in [0.15, 0.2) is 0 Å². The van der Waals surface area contributed by atoms with Crippen LogP contribution >= 0.6 is 0 Å². The van der Waals surface area contributed by atoms with Crippen molar-refractivity contribution in [2.45, 2.75) is 6.92 Å². The van der Waals surface area contributed by atoms with Crippen LogP contribution in [0.1, 0.15) is 5.56 Å². The van der Waals surface area contributed by atoms with Gasteiger partial charge in [-0.05, 0) is 30.7 Å². The van der Waals surface area contributed by atoms with Crippen LogP contribution in [0.4, 0.5) is 17.1 Å². The Bertz CT molecular complexity index is 916. The van der Waals surface area contributed by atoms with Crippen molar-refractivity contribution >= 4 is 23.0 Å². The SMILES string of the molecule is COc1ccc([N+](=O)[O-])cc1N/C=C(/C#N)C(=O)Nc1cccc(C)c1. The first kappa shape index (κ1) is 18.5. The highest BCUT2D eigenvalue weighted by Gasteiger charge is 2.13. The lowest BCUT2D eigenvalue weighted by atomic mass is 10.2. The molecule has 0 aliphatic rings. The van der Waals surface area contributed by atoms with Gasteiger partial charge in [0.2, 0.25) is 0 Å². The lowest BCUT2D eigenvalue weighted by molar-refractivity contribution is -0.384. The van der Waals surface area contributed by atoms with Crippen LogP contribution < -0.4 is 15.4 Å². The molecule has 0 spiro atoms. The summed E-state index contributed by atoms with van der Waals surface area (Å²) in [6.07, 6.45) is 1.17. The number of nitrogens with one attached hydrogen (secondary N) is 2. The van der Waals surface area contributed by atoms with Crippen LogP contribution in [0.2, 0.25) is 0 Å². The van der Waals surface area contributed by atoms with E-state index < -0.39 is 10.8 Å². The normalized spacial score (nSPS) is 10.6. The average molecular weight is 352 g/mol. The highest BCUT2D eigenvalue weighted by molar-refractivity contribution is 6.06. The van der Waals surface area contributed by atoms with Crippen LogP contribution in [0.5, 0.6) is 5.75 Å². The number of rotatable bonds is 6. The minimum atomic E-state index is -0.602. The zero-order valence-corrected chi connectivity index (χ0v) is 14.1. The van der Waals surface area contributed by atoms with Crippen LogP contribution in [-0.2, 0) is 4.79 Å². The fourth-order valence-electron chi connectivity index (χ4n) is 2.14. The van der Waals surface area contributed by atoms with E-state index in [9.17, 15) is 20.2 Å². The molecule has 8 heteroatoms. The van der Waals surface area contributed by atoms with Crippen LogP contribution in [0.3, 0.4) is 0 Å². The molecule has 2 rings (SSSR count). The van der Waals surface area contributed by atoms with Gasteiger partial charge in [0.1, 0.15) is 17.4 Å². The van der Waals surface area contributed by atoms with E-state index in [2.05, 4.69) is 10.6 Å². The second-order valence-electron chi connectivity index (χ2n) is 5.28. The molecule has 0 fully saturated rings. The van der Waals surface area contributed by atoms with Crippen molar-refractivity contribution in [3.63, 3.8) is 0 Å². The lowest BCUT2D eigenvalue weighted by Crippen LogP contribution is -2.14. The van der Waals surface area contributed by atoms with Gasteiger partial charge in [-0.25, -0.2) is 0 Å². The molecule has 2 N–H and O–H groups in total. The molecule has 26 heavy (non-hydrogen) atoms. The Kier molecular flexibility index (Phi) is 5.90. The first-order chi connectivity index (χ1) is 12.4. The number of methoxy groups -OCH3 is 1. The molecule has 2 aromatic rings. The monoisotopic (exact) mass is 352 g/mol. The number of amides is 1. The second kappa shape index (κ2) is 8.30. The summed E-state index contributed by atoms with van der Waals surface area (Å²) >= 11 is 0. The maximum absolute atomic E-state index is 12.2. The fourth-order valence-corrected chi connectivity index (χ4v) is 2.14. The molecule has 132 valence electrons. The Morgan fingerprint density at radius 3 is 2.69 bits per heavy atom. The van der Waals surface area contributed by atoms with Crippen molar-refractivity contribution in [1.82, 2.24) is 0 Å². The van der Waals surface area contributed by atoms with Crippen molar-refractivity contribution < 1.29 is 14.5 Å². The molecule has 1 amide bonds. The molecule has 0 aliphatic heterocycles. The number of carbonyl (C=O) groups is 1. The average Bonchev–Trinajstić information content (AvgIpc) is 2.62. The maximum atomic E-state index is 12.2. The third-order valence-corrected chi connectivity index (χ3v) is 3.41. The van der Waals surface area contributed by atoms with Gasteiger partial charge in [-0.3, -0.25) is 14.9 Å². The number of nitro groups is 1. The zero-order valence-electron chi connectivity index (χ0n) is 14.1. The Balaban J connectivity index is 2.21. The molecular formula is C18H16N4O4. The lowest BCUT2D eigenvalue weighted by Gasteiger charge is -2.09. The summed E-state index contributed by atoms with van der Waals surface area (Å²) in [6, 6.07) is 12.9. The molecule has 0 heterocycles. The highest BCUT2D eigenvalue weighted by Crippen LogP contribution is 2.29. The van der Waals surface area contributed by atoms with Gasteiger partial charge in [0.05, 0.1) is 17.7 Å². The minimum Gasteiger partial charge on any atom is -0.495 e. The number of hydrogen-bond acceptors (Lipinski definition) is 6. The molecule has 0 saturated carbocycles. The summed E-state index contributed by atoms with van der Waals surface area (Å²) in [6.45, 7) is 1.88. The van der Waals surface area contributed by atoms with Crippen molar-refractivity contribution in [3.05, 3.63) is 69.9 Å². The third-order valence-electron chi connectivity index (χ3n) is 3.41. The van der Waals surface area contributed by atoms with E-state index in [0.29, 0.717) is 11.4 Å². The van der Waals surface area contributed by atoms with E-state index in [1.165, 1.54) is 31.5 Å². The van der Waals surface area contributed by atoms with Gasteiger partial charge in [-0.15, -0.1) is 0 Å². The van der Waals surface area contributed by atoms with Crippen LogP contribution in [-0.4, -0.2) is 17.9 Å². The molecule has 0 bridgehead atoms. The number of benzene rings is 2. The van der Waals surface area contributed by atoms with E-state index in [4.69, 9.17) is 4.74 Å². The van der Waals surface area contributed by atoms with Crippen LogP contribution in [0.15, 0.2) is 54.2 Å². The number of aryl methyl sites for hydroxylation is 1. The molecule has 0 unspecified atom stereocenters. The van der Waals surface area contributed by atoms with E-state index in [-0.39, 0.29) is 16.9 Å². The molecular weight excluding hydrogens is 336 g/mol. The fraction of sp³-hybridized carbons (Fsp3) is 0.111. The van der Waals surface area contributed by atoms with Gasteiger partial charge in [-0.1, -0.05) is 12.1 Å². The molecule has 0 radical (unpaired) electrons. The topological polar surface area (TPSA) is 117 Å². The number of nitro benzene ring substituents is 1. The summed E-state index contributed by atoms with van der Waals surface area (Å²) in [5, 5.41) is 25.4. The number of ether oxygens (including phenoxy) is 1. The van der Waals surface area contributed by atoms with Gasteiger partial charge in [0, 0.05) is 24.0 Å². The molecule has 0 aliphatic carbocycles. The first-order valence-corrected chi connectivity index (χ1v) is 7.52. The molecule has 2 aromatic carbocycles. The van der Waals surface area contributed by atoms with E-state index in [1.54, 1.807) is 24.3 Å². The summed E-state index contributed by atoms with van der Waals surface area (Å²) in [4.78, 5) is 22.6. The smallest absolute Gasteiger partial charge is 0.271 e. The number of non-ortho nitro benzene ring substituents is 1. The third kappa shape index (κ3) is 4.58. The number of carbonyl (C=O) groups excluding carboxylic acids is 1.